The lowest BCUT2D eigenvalue weighted by Crippen LogP contribution is -2.46. The fourth-order valence-electron chi connectivity index (χ4n) is 2.30. The van der Waals surface area contributed by atoms with Crippen LogP contribution in [0.25, 0.3) is 0 Å². The van der Waals surface area contributed by atoms with Gasteiger partial charge in [-0.1, -0.05) is 11.6 Å². The van der Waals surface area contributed by atoms with Crippen LogP contribution in [-0.4, -0.2) is 30.1 Å². The SMILES string of the molecule is CC1(C(=O)Nc2ccc(C(=O)O)c(Cl)c2)CCCNC1. The lowest BCUT2D eigenvalue weighted by molar-refractivity contribution is -0.125. The molecule has 3 N–H and O–H groups in total. The first-order valence-electron chi connectivity index (χ1n) is 6.47. The Morgan fingerprint density at radius 1 is 1.45 bits per heavy atom. The van der Waals surface area contributed by atoms with Crippen LogP contribution in [0.5, 0.6) is 0 Å². The van der Waals surface area contributed by atoms with Crippen LogP contribution in [-0.2, 0) is 4.79 Å². The zero-order valence-corrected chi connectivity index (χ0v) is 12.0. The van der Waals surface area contributed by atoms with Crippen molar-refractivity contribution in [3.05, 3.63) is 28.8 Å². The summed E-state index contributed by atoms with van der Waals surface area (Å²) < 4.78 is 0. The molecule has 0 radical (unpaired) electrons. The number of halogens is 1. The van der Waals surface area contributed by atoms with Crippen molar-refractivity contribution in [3.63, 3.8) is 0 Å². The number of piperidine rings is 1. The van der Waals surface area contributed by atoms with E-state index >= 15 is 0 Å². The third-order valence-electron chi connectivity index (χ3n) is 3.60. The van der Waals surface area contributed by atoms with Crippen LogP contribution >= 0.6 is 11.6 Å². The highest BCUT2D eigenvalue weighted by molar-refractivity contribution is 6.33. The van der Waals surface area contributed by atoms with Crippen molar-refractivity contribution in [1.29, 1.82) is 0 Å². The van der Waals surface area contributed by atoms with Gasteiger partial charge in [0.05, 0.1) is 16.0 Å². The third kappa shape index (κ3) is 3.11. The van der Waals surface area contributed by atoms with Gasteiger partial charge in [-0.15, -0.1) is 0 Å². The van der Waals surface area contributed by atoms with Crippen LogP contribution < -0.4 is 10.6 Å². The van der Waals surface area contributed by atoms with E-state index in [1.165, 1.54) is 12.1 Å². The van der Waals surface area contributed by atoms with E-state index in [4.69, 9.17) is 16.7 Å². The van der Waals surface area contributed by atoms with E-state index in [0.29, 0.717) is 12.2 Å². The fourth-order valence-corrected chi connectivity index (χ4v) is 2.56. The number of carbonyl (C=O) groups excluding carboxylic acids is 1. The van der Waals surface area contributed by atoms with Gasteiger partial charge in [0, 0.05) is 12.2 Å². The molecule has 0 bridgehead atoms. The van der Waals surface area contributed by atoms with Crippen molar-refractivity contribution in [2.75, 3.05) is 18.4 Å². The van der Waals surface area contributed by atoms with Gasteiger partial charge in [-0.3, -0.25) is 4.79 Å². The standard InChI is InChI=1S/C14H17ClN2O3/c1-14(5-2-6-16-8-14)13(20)17-9-3-4-10(12(18)19)11(15)7-9/h3-4,7,16H,2,5-6,8H2,1H3,(H,17,20)(H,18,19). The molecule has 2 rings (SSSR count). The molecule has 6 heteroatoms. The summed E-state index contributed by atoms with van der Waals surface area (Å²) in [5.41, 5.74) is 0.0860. The molecule has 0 aromatic heterocycles. The second kappa shape index (κ2) is 5.81. The maximum Gasteiger partial charge on any atom is 0.337 e. The minimum absolute atomic E-state index is 0.0233. The number of nitrogens with one attached hydrogen (secondary N) is 2. The highest BCUT2D eigenvalue weighted by Gasteiger charge is 2.34. The van der Waals surface area contributed by atoms with Gasteiger partial charge in [0.1, 0.15) is 0 Å². The van der Waals surface area contributed by atoms with Gasteiger partial charge in [0.15, 0.2) is 0 Å². The molecule has 1 unspecified atom stereocenters. The molecule has 1 aliphatic heterocycles. The number of anilines is 1. The Morgan fingerprint density at radius 3 is 2.75 bits per heavy atom. The zero-order chi connectivity index (χ0) is 14.8. The quantitative estimate of drug-likeness (QED) is 0.800. The number of hydrogen-bond acceptors (Lipinski definition) is 3. The number of hydrogen-bond donors (Lipinski definition) is 3. The molecule has 108 valence electrons. The molecule has 20 heavy (non-hydrogen) atoms. The average molecular weight is 297 g/mol. The first-order chi connectivity index (χ1) is 9.42. The lowest BCUT2D eigenvalue weighted by Gasteiger charge is -2.32. The number of amides is 1. The van der Waals surface area contributed by atoms with Gasteiger partial charge in [-0.25, -0.2) is 4.79 Å². The zero-order valence-electron chi connectivity index (χ0n) is 11.2. The van der Waals surface area contributed by atoms with Gasteiger partial charge in [0.2, 0.25) is 5.91 Å². The molecule has 0 aliphatic carbocycles. The second-order valence-corrected chi connectivity index (χ2v) is 5.70. The van der Waals surface area contributed by atoms with E-state index in [1.54, 1.807) is 6.07 Å². The van der Waals surface area contributed by atoms with Crippen LogP contribution in [0.15, 0.2) is 18.2 Å². The van der Waals surface area contributed by atoms with Gasteiger partial charge < -0.3 is 15.7 Å². The van der Waals surface area contributed by atoms with Crippen LogP contribution in [0.4, 0.5) is 5.69 Å². The molecule has 1 aromatic rings. The van der Waals surface area contributed by atoms with Gasteiger partial charge >= 0.3 is 5.97 Å². The van der Waals surface area contributed by atoms with Crippen molar-refractivity contribution in [3.8, 4) is 0 Å². The summed E-state index contributed by atoms with van der Waals surface area (Å²) in [6.07, 6.45) is 1.79. The largest absolute Gasteiger partial charge is 0.478 e. The van der Waals surface area contributed by atoms with E-state index in [0.717, 1.165) is 19.4 Å². The first kappa shape index (κ1) is 14.8. The minimum atomic E-state index is -1.09. The van der Waals surface area contributed by atoms with E-state index in [2.05, 4.69) is 10.6 Å². The van der Waals surface area contributed by atoms with Crippen molar-refractivity contribution in [2.24, 2.45) is 5.41 Å². The predicted molar refractivity (Wildman–Crippen MR) is 77.3 cm³/mol. The molecule has 1 fully saturated rings. The summed E-state index contributed by atoms with van der Waals surface area (Å²) in [4.78, 5) is 23.2. The number of carbonyl (C=O) groups is 2. The summed E-state index contributed by atoms with van der Waals surface area (Å²) in [5.74, 6) is -1.17. The number of carboxylic acids is 1. The highest BCUT2D eigenvalue weighted by Crippen LogP contribution is 2.28. The van der Waals surface area contributed by atoms with Gasteiger partial charge in [0.25, 0.3) is 0 Å². The monoisotopic (exact) mass is 296 g/mol. The molecule has 1 amide bonds. The number of rotatable bonds is 3. The van der Waals surface area contributed by atoms with E-state index in [1.807, 2.05) is 6.92 Å². The second-order valence-electron chi connectivity index (χ2n) is 5.29. The van der Waals surface area contributed by atoms with E-state index in [-0.39, 0.29) is 16.5 Å². The summed E-state index contributed by atoms with van der Waals surface area (Å²) in [6.45, 7) is 3.49. The predicted octanol–water partition coefficient (Wildman–Crippen LogP) is 2.37. The molecule has 0 spiro atoms. The summed E-state index contributed by atoms with van der Waals surface area (Å²) in [6, 6.07) is 4.40. The van der Waals surface area contributed by atoms with Crippen molar-refractivity contribution >= 4 is 29.2 Å². The maximum atomic E-state index is 12.3. The van der Waals surface area contributed by atoms with Crippen LogP contribution in [0.1, 0.15) is 30.1 Å². The minimum Gasteiger partial charge on any atom is -0.478 e. The molecular formula is C14H17ClN2O3. The van der Waals surface area contributed by atoms with E-state index in [9.17, 15) is 9.59 Å². The molecule has 1 atom stereocenters. The first-order valence-corrected chi connectivity index (χ1v) is 6.85. The number of carboxylic acid groups (broad SMARTS) is 1. The Balaban J connectivity index is 2.12. The smallest absolute Gasteiger partial charge is 0.337 e. The Bertz CT molecular complexity index is 539. The molecule has 1 aliphatic rings. The molecule has 1 aromatic carbocycles. The Kier molecular flexibility index (Phi) is 4.30. The van der Waals surface area contributed by atoms with Crippen molar-refractivity contribution in [1.82, 2.24) is 5.32 Å². The average Bonchev–Trinajstić information content (AvgIpc) is 2.39. The number of benzene rings is 1. The van der Waals surface area contributed by atoms with Gasteiger partial charge in [-0.05, 0) is 44.5 Å². The van der Waals surface area contributed by atoms with Crippen LogP contribution in [0.3, 0.4) is 0 Å². The summed E-state index contributed by atoms with van der Waals surface area (Å²) in [7, 11) is 0. The van der Waals surface area contributed by atoms with Crippen molar-refractivity contribution in [2.45, 2.75) is 19.8 Å². The molecule has 0 saturated carbocycles. The summed E-state index contributed by atoms with van der Waals surface area (Å²) in [5, 5.41) is 15.0. The molecule has 5 nitrogen and oxygen atoms in total. The Morgan fingerprint density at radius 2 is 2.20 bits per heavy atom. The third-order valence-corrected chi connectivity index (χ3v) is 3.92. The summed E-state index contributed by atoms with van der Waals surface area (Å²) >= 11 is 5.88. The van der Waals surface area contributed by atoms with Crippen LogP contribution in [0.2, 0.25) is 5.02 Å². The topological polar surface area (TPSA) is 78.4 Å². The maximum absolute atomic E-state index is 12.3. The van der Waals surface area contributed by atoms with Gasteiger partial charge in [-0.2, -0.15) is 0 Å². The Hall–Kier alpha value is -1.59. The number of aromatic carboxylic acids is 1. The highest BCUT2D eigenvalue weighted by atomic mass is 35.5. The molecule has 1 saturated heterocycles. The Labute approximate surface area is 122 Å². The molecule has 1 heterocycles. The fraction of sp³-hybridized carbons (Fsp3) is 0.429. The van der Waals surface area contributed by atoms with Crippen LogP contribution in [0, 0.1) is 5.41 Å². The normalized spacial score (nSPS) is 22.3. The lowest BCUT2D eigenvalue weighted by atomic mass is 9.82. The van der Waals surface area contributed by atoms with Crippen molar-refractivity contribution < 1.29 is 14.7 Å². The van der Waals surface area contributed by atoms with E-state index < -0.39 is 11.4 Å². The molecular weight excluding hydrogens is 280 g/mol.